The fourth-order valence-electron chi connectivity index (χ4n) is 1.29. The Balaban J connectivity index is 2.11. The smallest absolute Gasteiger partial charge is 0.0852 e. The third kappa shape index (κ3) is 2.54. The number of aromatic amines is 1. The van der Waals surface area contributed by atoms with Gasteiger partial charge in [0.05, 0.1) is 18.0 Å². The minimum atomic E-state index is -0.00776. The van der Waals surface area contributed by atoms with E-state index in [1.807, 2.05) is 48.6 Å². The number of aliphatic hydroxyl groups is 1. The Morgan fingerprint density at radius 2 is 2.00 bits per heavy atom. The van der Waals surface area contributed by atoms with E-state index in [2.05, 4.69) is 10.2 Å². The molecule has 1 heterocycles. The Bertz CT molecular complexity index is 446. The van der Waals surface area contributed by atoms with Gasteiger partial charge in [0.2, 0.25) is 0 Å². The van der Waals surface area contributed by atoms with Crippen LogP contribution in [0.1, 0.15) is 17.0 Å². The molecule has 1 aromatic heterocycles. The van der Waals surface area contributed by atoms with Crippen molar-refractivity contribution in [2.45, 2.75) is 6.61 Å². The Hall–Kier alpha value is -1.87. The predicted molar refractivity (Wildman–Crippen MR) is 59.9 cm³/mol. The molecule has 0 spiro atoms. The molecular weight excluding hydrogens is 188 g/mol. The highest BCUT2D eigenvalue weighted by atomic mass is 16.3. The normalized spacial score (nSPS) is 11.0. The summed E-state index contributed by atoms with van der Waals surface area (Å²) >= 11 is 0. The molecule has 2 N–H and O–H groups in total. The second-order valence-corrected chi connectivity index (χ2v) is 3.22. The van der Waals surface area contributed by atoms with E-state index in [1.54, 1.807) is 0 Å². The van der Waals surface area contributed by atoms with Crippen molar-refractivity contribution < 1.29 is 5.11 Å². The first-order chi connectivity index (χ1) is 7.38. The summed E-state index contributed by atoms with van der Waals surface area (Å²) < 4.78 is 0. The van der Waals surface area contributed by atoms with E-state index in [1.165, 1.54) is 0 Å². The fraction of sp³-hybridized carbons (Fsp3) is 0.0833. The Morgan fingerprint density at radius 3 is 2.67 bits per heavy atom. The van der Waals surface area contributed by atoms with Crippen LogP contribution in [0.2, 0.25) is 0 Å². The standard InChI is InChI=1S/C12H12N2O/c15-9-12-8-11(13-14-12)7-6-10-4-2-1-3-5-10/h1-8,15H,9H2,(H,13,14). The summed E-state index contributed by atoms with van der Waals surface area (Å²) in [6, 6.07) is 11.8. The quantitative estimate of drug-likeness (QED) is 0.796. The second-order valence-electron chi connectivity index (χ2n) is 3.22. The van der Waals surface area contributed by atoms with Crippen LogP contribution in [0.5, 0.6) is 0 Å². The fourth-order valence-corrected chi connectivity index (χ4v) is 1.29. The van der Waals surface area contributed by atoms with Gasteiger partial charge in [0.1, 0.15) is 0 Å². The second kappa shape index (κ2) is 4.57. The maximum Gasteiger partial charge on any atom is 0.0852 e. The van der Waals surface area contributed by atoms with Crippen LogP contribution in [0.25, 0.3) is 12.2 Å². The van der Waals surface area contributed by atoms with Gasteiger partial charge in [-0.1, -0.05) is 36.4 Å². The van der Waals surface area contributed by atoms with E-state index in [-0.39, 0.29) is 6.61 Å². The number of rotatable bonds is 3. The van der Waals surface area contributed by atoms with Gasteiger partial charge in [-0.05, 0) is 17.7 Å². The lowest BCUT2D eigenvalue weighted by Crippen LogP contribution is -1.79. The maximum absolute atomic E-state index is 8.84. The molecule has 0 aliphatic carbocycles. The molecule has 0 amide bonds. The average molecular weight is 200 g/mol. The van der Waals surface area contributed by atoms with E-state index >= 15 is 0 Å². The molecule has 0 unspecified atom stereocenters. The van der Waals surface area contributed by atoms with Crippen molar-refractivity contribution in [3.8, 4) is 0 Å². The summed E-state index contributed by atoms with van der Waals surface area (Å²) in [4.78, 5) is 0. The van der Waals surface area contributed by atoms with Gasteiger partial charge in [-0.15, -0.1) is 0 Å². The van der Waals surface area contributed by atoms with Gasteiger partial charge in [0.15, 0.2) is 0 Å². The van der Waals surface area contributed by atoms with Crippen molar-refractivity contribution in [2.24, 2.45) is 0 Å². The minimum Gasteiger partial charge on any atom is -0.390 e. The highest BCUT2D eigenvalue weighted by molar-refractivity contribution is 5.67. The van der Waals surface area contributed by atoms with Gasteiger partial charge in [-0.3, -0.25) is 5.10 Å². The zero-order valence-electron chi connectivity index (χ0n) is 8.22. The molecule has 0 fully saturated rings. The molecular formula is C12H12N2O. The van der Waals surface area contributed by atoms with Crippen molar-refractivity contribution in [1.29, 1.82) is 0 Å². The summed E-state index contributed by atoms with van der Waals surface area (Å²) in [6.45, 7) is -0.00776. The predicted octanol–water partition coefficient (Wildman–Crippen LogP) is 2.07. The molecule has 76 valence electrons. The number of aromatic nitrogens is 2. The first-order valence-corrected chi connectivity index (χ1v) is 4.77. The third-order valence-electron chi connectivity index (χ3n) is 2.07. The van der Waals surface area contributed by atoms with Gasteiger partial charge in [0, 0.05) is 0 Å². The number of benzene rings is 1. The summed E-state index contributed by atoms with van der Waals surface area (Å²) in [7, 11) is 0. The molecule has 0 saturated heterocycles. The monoisotopic (exact) mass is 200 g/mol. The van der Waals surface area contributed by atoms with Crippen LogP contribution in [-0.4, -0.2) is 15.3 Å². The first-order valence-electron chi connectivity index (χ1n) is 4.77. The van der Waals surface area contributed by atoms with E-state index in [4.69, 9.17) is 5.11 Å². The van der Waals surface area contributed by atoms with Crippen LogP contribution in [0.15, 0.2) is 36.4 Å². The molecule has 0 radical (unpaired) electrons. The van der Waals surface area contributed by atoms with Crippen LogP contribution < -0.4 is 0 Å². The van der Waals surface area contributed by atoms with Gasteiger partial charge < -0.3 is 5.11 Å². The lowest BCUT2D eigenvalue weighted by molar-refractivity contribution is 0.276. The molecule has 3 heteroatoms. The van der Waals surface area contributed by atoms with Gasteiger partial charge in [0.25, 0.3) is 0 Å². The van der Waals surface area contributed by atoms with Crippen molar-refractivity contribution >= 4 is 12.2 Å². The van der Waals surface area contributed by atoms with Crippen molar-refractivity contribution in [3.05, 3.63) is 53.3 Å². The summed E-state index contributed by atoms with van der Waals surface area (Å²) in [6.07, 6.45) is 3.89. The summed E-state index contributed by atoms with van der Waals surface area (Å²) in [5.41, 5.74) is 2.68. The lowest BCUT2D eigenvalue weighted by atomic mass is 10.2. The van der Waals surface area contributed by atoms with Crippen LogP contribution in [-0.2, 0) is 6.61 Å². The number of H-pyrrole nitrogens is 1. The SMILES string of the molecule is OCc1cc(C=Cc2ccccc2)n[nH]1. The van der Waals surface area contributed by atoms with Crippen molar-refractivity contribution in [3.63, 3.8) is 0 Å². The number of nitrogens with one attached hydrogen (secondary N) is 1. The van der Waals surface area contributed by atoms with Gasteiger partial charge in [-0.25, -0.2) is 0 Å². The zero-order valence-corrected chi connectivity index (χ0v) is 8.22. The third-order valence-corrected chi connectivity index (χ3v) is 2.07. The number of hydrogen-bond acceptors (Lipinski definition) is 2. The Kier molecular flexibility index (Phi) is 2.95. The number of hydrogen-bond donors (Lipinski definition) is 2. The van der Waals surface area contributed by atoms with Crippen LogP contribution >= 0.6 is 0 Å². The van der Waals surface area contributed by atoms with Crippen LogP contribution in [0, 0.1) is 0 Å². The van der Waals surface area contributed by atoms with Gasteiger partial charge >= 0.3 is 0 Å². The molecule has 0 bridgehead atoms. The van der Waals surface area contributed by atoms with Crippen LogP contribution in [0.4, 0.5) is 0 Å². The van der Waals surface area contributed by atoms with E-state index in [0.717, 1.165) is 17.0 Å². The minimum absolute atomic E-state index is 0.00776. The Morgan fingerprint density at radius 1 is 1.20 bits per heavy atom. The zero-order chi connectivity index (χ0) is 10.5. The van der Waals surface area contributed by atoms with E-state index in [0.29, 0.717) is 0 Å². The van der Waals surface area contributed by atoms with Gasteiger partial charge in [-0.2, -0.15) is 5.10 Å². The molecule has 0 aliphatic heterocycles. The topological polar surface area (TPSA) is 48.9 Å². The number of aliphatic hydroxyl groups excluding tert-OH is 1. The van der Waals surface area contributed by atoms with Crippen molar-refractivity contribution in [1.82, 2.24) is 10.2 Å². The molecule has 0 atom stereocenters. The molecule has 0 saturated carbocycles. The molecule has 2 rings (SSSR count). The molecule has 2 aromatic rings. The summed E-state index contributed by atoms with van der Waals surface area (Å²) in [5.74, 6) is 0. The number of nitrogens with zero attached hydrogens (tertiary/aromatic N) is 1. The summed E-state index contributed by atoms with van der Waals surface area (Å²) in [5, 5.41) is 15.6. The first kappa shape index (κ1) is 9.68. The molecule has 3 nitrogen and oxygen atoms in total. The lowest BCUT2D eigenvalue weighted by Gasteiger charge is -1.89. The highest BCUT2D eigenvalue weighted by Crippen LogP contribution is 2.06. The Labute approximate surface area is 88.1 Å². The van der Waals surface area contributed by atoms with Crippen LogP contribution in [0.3, 0.4) is 0 Å². The maximum atomic E-state index is 8.84. The van der Waals surface area contributed by atoms with Crippen molar-refractivity contribution in [2.75, 3.05) is 0 Å². The molecule has 1 aromatic carbocycles. The van der Waals surface area contributed by atoms with E-state index in [9.17, 15) is 0 Å². The van der Waals surface area contributed by atoms with E-state index < -0.39 is 0 Å². The molecule has 15 heavy (non-hydrogen) atoms. The largest absolute Gasteiger partial charge is 0.390 e. The average Bonchev–Trinajstić information content (AvgIpc) is 2.76. The highest BCUT2D eigenvalue weighted by Gasteiger charge is 1.95. The molecule has 0 aliphatic rings.